The Morgan fingerprint density at radius 2 is 1.56 bits per heavy atom. The summed E-state index contributed by atoms with van der Waals surface area (Å²) in [7, 11) is 1.68. The van der Waals surface area contributed by atoms with Crippen LogP contribution in [-0.2, 0) is 4.74 Å². The zero-order chi connectivity index (χ0) is 14.4. The van der Waals surface area contributed by atoms with Crippen molar-refractivity contribution < 1.29 is 31.1 Å². The molecule has 0 aromatic heterocycles. The summed E-state index contributed by atoms with van der Waals surface area (Å²) in [6.07, 6.45) is -13.2. The van der Waals surface area contributed by atoms with Crippen LogP contribution in [0.4, 0.5) is 26.3 Å². The quantitative estimate of drug-likeness (QED) is 0.571. The average molecular weight is 281 g/mol. The first-order chi connectivity index (χ1) is 8.12. The van der Waals surface area contributed by atoms with Crippen molar-refractivity contribution in [3.63, 3.8) is 0 Å². The fraction of sp³-hybridized carbons (Fsp3) is 1.00. The summed E-state index contributed by atoms with van der Waals surface area (Å²) in [5, 5.41) is 2.90. The van der Waals surface area contributed by atoms with E-state index in [4.69, 9.17) is 0 Å². The molecule has 0 fully saturated rings. The molecule has 8 heteroatoms. The van der Waals surface area contributed by atoms with Crippen molar-refractivity contribution in [2.45, 2.75) is 50.7 Å². The third-order valence-electron chi connectivity index (χ3n) is 2.48. The Bertz CT molecular complexity index is 209. The molecule has 0 heterocycles. The molecule has 2 nitrogen and oxygen atoms in total. The number of halogens is 6. The van der Waals surface area contributed by atoms with E-state index >= 15 is 0 Å². The monoisotopic (exact) mass is 281 g/mol. The van der Waals surface area contributed by atoms with Crippen molar-refractivity contribution in [3.05, 3.63) is 0 Å². The van der Waals surface area contributed by atoms with E-state index in [0.717, 1.165) is 6.42 Å². The van der Waals surface area contributed by atoms with Gasteiger partial charge in [-0.05, 0) is 26.3 Å². The van der Waals surface area contributed by atoms with Crippen LogP contribution in [0.2, 0.25) is 0 Å². The third-order valence-corrected chi connectivity index (χ3v) is 2.48. The van der Waals surface area contributed by atoms with Crippen LogP contribution in [0.1, 0.15) is 26.2 Å². The fourth-order valence-corrected chi connectivity index (χ4v) is 1.46. The fourth-order valence-electron chi connectivity index (χ4n) is 1.46. The smallest absolute Gasteiger partial charge is 0.361 e. The second-order valence-corrected chi connectivity index (χ2v) is 3.87. The van der Waals surface area contributed by atoms with Crippen LogP contribution < -0.4 is 5.32 Å². The molecule has 0 aromatic carbocycles. The minimum Gasteiger partial charge on any atom is -0.361 e. The molecule has 0 radical (unpaired) electrons. The molecule has 0 rings (SSSR count). The molecule has 0 aromatic rings. The zero-order valence-corrected chi connectivity index (χ0v) is 10.2. The lowest BCUT2D eigenvalue weighted by Gasteiger charge is -2.23. The number of alkyl halides is 6. The van der Waals surface area contributed by atoms with E-state index in [1.54, 1.807) is 7.05 Å². The largest absolute Gasteiger partial charge is 0.423 e. The molecule has 0 bridgehead atoms. The maximum absolute atomic E-state index is 12.1. The SMILES string of the molecule is CCC(CCCOC(C(F)(F)F)C(F)(F)F)NC. The van der Waals surface area contributed by atoms with Crippen molar-refractivity contribution in [3.8, 4) is 0 Å². The Kier molecular flexibility index (Phi) is 6.98. The first-order valence-electron chi connectivity index (χ1n) is 5.55. The first kappa shape index (κ1) is 17.5. The zero-order valence-electron chi connectivity index (χ0n) is 10.2. The number of hydrogen-bond donors (Lipinski definition) is 1. The van der Waals surface area contributed by atoms with Gasteiger partial charge in [-0.25, -0.2) is 0 Å². The lowest BCUT2D eigenvalue weighted by molar-refractivity contribution is -0.321. The summed E-state index contributed by atoms with van der Waals surface area (Å²) in [6, 6.07) is 0.0730. The van der Waals surface area contributed by atoms with Gasteiger partial charge in [0.15, 0.2) is 0 Å². The number of nitrogens with one attached hydrogen (secondary N) is 1. The van der Waals surface area contributed by atoms with Gasteiger partial charge in [-0.3, -0.25) is 0 Å². The molecular formula is C10H17F6NO. The van der Waals surface area contributed by atoms with Gasteiger partial charge in [-0.1, -0.05) is 6.92 Å². The molecule has 1 unspecified atom stereocenters. The Hall–Kier alpha value is -0.500. The minimum absolute atomic E-state index is 0.0730. The van der Waals surface area contributed by atoms with Crippen LogP contribution in [0.3, 0.4) is 0 Å². The normalized spacial score (nSPS) is 15.2. The molecule has 0 aliphatic heterocycles. The van der Waals surface area contributed by atoms with Crippen LogP contribution in [-0.4, -0.2) is 38.2 Å². The van der Waals surface area contributed by atoms with Gasteiger partial charge < -0.3 is 10.1 Å². The van der Waals surface area contributed by atoms with Crippen LogP contribution >= 0.6 is 0 Å². The highest BCUT2D eigenvalue weighted by Gasteiger charge is 2.57. The summed E-state index contributed by atoms with van der Waals surface area (Å²) in [5.74, 6) is 0. The van der Waals surface area contributed by atoms with Gasteiger partial charge in [0.1, 0.15) is 0 Å². The number of ether oxygens (including phenoxy) is 1. The predicted octanol–water partition coefficient (Wildman–Crippen LogP) is 3.27. The van der Waals surface area contributed by atoms with Crippen LogP contribution in [0.15, 0.2) is 0 Å². The average Bonchev–Trinajstić information content (AvgIpc) is 2.19. The second kappa shape index (κ2) is 7.18. The standard InChI is InChI=1S/C10H17F6NO/c1-3-7(17-2)5-4-6-18-8(9(11,12)13)10(14,15)16/h7-8,17H,3-6H2,1-2H3. The summed E-state index contributed by atoms with van der Waals surface area (Å²) < 4.78 is 76.4. The van der Waals surface area contributed by atoms with Crippen molar-refractivity contribution in [2.75, 3.05) is 13.7 Å². The highest BCUT2D eigenvalue weighted by molar-refractivity contribution is 4.76. The van der Waals surface area contributed by atoms with Crippen LogP contribution in [0.5, 0.6) is 0 Å². The van der Waals surface area contributed by atoms with E-state index in [9.17, 15) is 26.3 Å². The molecule has 0 amide bonds. The third kappa shape index (κ3) is 6.44. The van der Waals surface area contributed by atoms with Crippen molar-refractivity contribution in [1.29, 1.82) is 0 Å². The molecule has 0 saturated heterocycles. The predicted molar refractivity (Wildman–Crippen MR) is 54.2 cm³/mol. The van der Waals surface area contributed by atoms with E-state index in [1.165, 1.54) is 0 Å². The van der Waals surface area contributed by atoms with Gasteiger partial charge in [0.2, 0.25) is 6.10 Å². The van der Waals surface area contributed by atoms with Crippen molar-refractivity contribution in [1.82, 2.24) is 5.32 Å². The Labute approximate surface area is 102 Å². The van der Waals surface area contributed by atoms with E-state index in [2.05, 4.69) is 10.1 Å². The van der Waals surface area contributed by atoms with Gasteiger partial charge in [0.05, 0.1) is 0 Å². The lowest BCUT2D eigenvalue weighted by atomic mass is 10.1. The summed E-state index contributed by atoms with van der Waals surface area (Å²) in [5.41, 5.74) is 0. The number of rotatable bonds is 7. The lowest BCUT2D eigenvalue weighted by Crippen LogP contribution is -2.44. The molecule has 0 aliphatic rings. The van der Waals surface area contributed by atoms with Gasteiger partial charge in [-0.15, -0.1) is 0 Å². The van der Waals surface area contributed by atoms with Gasteiger partial charge >= 0.3 is 12.4 Å². The first-order valence-corrected chi connectivity index (χ1v) is 5.55. The molecule has 1 atom stereocenters. The van der Waals surface area contributed by atoms with Crippen molar-refractivity contribution in [2.24, 2.45) is 0 Å². The van der Waals surface area contributed by atoms with Gasteiger partial charge in [0.25, 0.3) is 0 Å². The highest BCUT2D eigenvalue weighted by atomic mass is 19.4. The van der Waals surface area contributed by atoms with Crippen LogP contribution in [0.25, 0.3) is 0 Å². The molecule has 110 valence electrons. The van der Waals surface area contributed by atoms with Crippen LogP contribution in [0, 0.1) is 0 Å². The summed E-state index contributed by atoms with van der Waals surface area (Å²) in [6.45, 7) is 1.30. The van der Waals surface area contributed by atoms with E-state index in [-0.39, 0.29) is 12.5 Å². The summed E-state index contributed by atoms with van der Waals surface area (Å²) in [4.78, 5) is 0. The van der Waals surface area contributed by atoms with Gasteiger partial charge in [-0.2, -0.15) is 26.3 Å². The topological polar surface area (TPSA) is 21.3 Å². The molecule has 0 spiro atoms. The molecule has 0 aliphatic carbocycles. The van der Waals surface area contributed by atoms with E-state index in [0.29, 0.717) is 6.42 Å². The molecule has 1 N–H and O–H groups in total. The number of hydrogen-bond acceptors (Lipinski definition) is 2. The summed E-state index contributed by atoms with van der Waals surface area (Å²) >= 11 is 0. The molecular weight excluding hydrogens is 264 g/mol. The highest BCUT2D eigenvalue weighted by Crippen LogP contribution is 2.35. The van der Waals surface area contributed by atoms with Gasteiger partial charge in [0, 0.05) is 12.6 Å². The van der Waals surface area contributed by atoms with E-state index in [1.807, 2.05) is 6.92 Å². The minimum atomic E-state index is -5.43. The Balaban J connectivity index is 4.15. The second-order valence-electron chi connectivity index (χ2n) is 3.87. The molecule has 0 saturated carbocycles. The molecule has 18 heavy (non-hydrogen) atoms. The van der Waals surface area contributed by atoms with E-state index < -0.39 is 25.1 Å². The maximum Gasteiger partial charge on any atom is 0.423 e. The van der Waals surface area contributed by atoms with Crippen molar-refractivity contribution >= 4 is 0 Å². The maximum atomic E-state index is 12.1. The Morgan fingerprint density at radius 1 is 1.06 bits per heavy atom. The Morgan fingerprint density at radius 3 is 1.89 bits per heavy atom.